The largest absolute Gasteiger partial charge is 0.415 e. The van der Waals surface area contributed by atoms with Gasteiger partial charge in [0.1, 0.15) is 5.82 Å². The zero-order valence-corrected chi connectivity index (χ0v) is 17.3. The molecular weight excluding hydrogens is 455 g/mol. The lowest BCUT2D eigenvalue weighted by Gasteiger charge is -2.38. The van der Waals surface area contributed by atoms with Crippen molar-refractivity contribution in [3.8, 4) is 11.5 Å². The Bertz CT molecular complexity index is 1080. The molecule has 2 amide bonds. The number of alkyl halides is 4. The molecule has 1 saturated heterocycles. The summed E-state index contributed by atoms with van der Waals surface area (Å²) in [5.41, 5.74) is -0.145. The summed E-state index contributed by atoms with van der Waals surface area (Å²) in [5.74, 6) is -7.88. The first kappa shape index (κ1) is 23.1. The van der Waals surface area contributed by atoms with Gasteiger partial charge < -0.3 is 19.4 Å². The Morgan fingerprint density at radius 1 is 1.33 bits per heavy atom. The van der Waals surface area contributed by atoms with Crippen LogP contribution in [0, 0.1) is 5.82 Å². The van der Waals surface area contributed by atoms with Gasteiger partial charge >= 0.3 is 12.3 Å². The fourth-order valence-corrected chi connectivity index (χ4v) is 3.80. The SMILES string of the molecule is CCC(F)(F)C(=O)NC1CCCOC1N1Cc2c(F)cc(-c3nnc(C(F)F)o3)cc2C1=O. The van der Waals surface area contributed by atoms with E-state index < -0.39 is 54.6 Å². The van der Waals surface area contributed by atoms with Gasteiger partial charge in [-0.2, -0.15) is 17.6 Å². The van der Waals surface area contributed by atoms with Gasteiger partial charge in [-0.3, -0.25) is 9.59 Å². The summed E-state index contributed by atoms with van der Waals surface area (Å²) in [5, 5.41) is 8.88. The molecule has 2 atom stereocenters. The molecule has 1 aromatic carbocycles. The maximum atomic E-state index is 14.8. The lowest BCUT2D eigenvalue weighted by molar-refractivity contribution is -0.152. The number of halogens is 5. The van der Waals surface area contributed by atoms with Gasteiger partial charge in [0.2, 0.25) is 5.89 Å². The zero-order valence-electron chi connectivity index (χ0n) is 17.3. The van der Waals surface area contributed by atoms with Crippen LogP contribution in [0.1, 0.15) is 54.4 Å². The Morgan fingerprint density at radius 3 is 2.76 bits per heavy atom. The van der Waals surface area contributed by atoms with Crippen molar-refractivity contribution in [3.63, 3.8) is 0 Å². The van der Waals surface area contributed by atoms with Crippen molar-refractivity contribution >= 4 is 11.8 Å². The first-order chi connectivity index (χ1) is 15.6. The summed E-state index contributed by atoms with van der Waals surface area (Å²) in [6.07, 6.45) is -4.05. The summed E-state index contributed by atoms with van der Waals surface area (Å²) >= 11 is 0. The van der Waals surface area contributed by atoms with Crippen molar-refractivity contribution in [1.82, 2.24) is 20.4 Å². The van der Waals surface area contributed by atoms with Crippen molar-refractivity contribution in [3.05, 3.63) is 35.0 Å². The number of nitrogens with zero attached hydrogens (tertiary/aromatic N) is 3. The number of aromatic nitrogens is 2. The van der Waals surface area contributed by atoms with Crippen molar-refractivity contribution in [1.29, 1.82) is 0 Å². The van der Waals surface area contributed by atoms with Crippen LogP contribution in [0.3, 0.4) is 0 Å². The van der Waals surface area contributed by atoms with Gasteiger partial charge in [0.15, 0.2) is 6.23 Å². The van der Waals surface area contributed by atoms with Gasteiger partial charge in [-0.25, -0.2) is 4.39 Å². The number of carbonyl (C=O) groups is 2. The van der Waals surface area contributed by atoms with Crippen molar-refractivity contribution in [2.24, 2.45) is 0 Å². The molecule has 0 aliphatic carbocycles. The van der Waals surface area contributed by atoms with Gasteiger partial charge in [0.25, 0.3) is 17.7 Å². The number of hydrogen-bond acceptors (Lipinski definition) is 6. The van der Waals surface area contributed by atoms with E-state index in [2.05, 4.69) is 15.5 Å². The van der Waals surface area contributed by atoms with E-state index in [4.69, 9.17) is 9.15 Å². The van der Waals surface area contributed by atoms with E-state index in [9.17, 15) is 31.5 Å². The summed E-state index contributed by atoms with van der Waals surface area (Å²) in [4.78, 5) is 26.2. The molecule has 178 valence electrons. The Morgan fingerprint density at radius 2 is 2.09 bits per heavy atom. The Hall–Kier alpha value is -3.09. The number of hydrogen-bond donors (Lipinski definition) is 1. The number of nitrogens with one attached hydrogen (secondary N) is 1. The first-order valence-corrected chi connectivity index (χ1v) is 10.2. The standard InChI is InChI=1S/C20H19F5N4O4/c1-2-20(24,25)19(31)26-13-4-3-5-32-18(13)29-8-11-10(17(29)30)6-9(7-12(11)21)15-27-28-16(33-15)14(22)23/h6-7,13-14,18H,2-5,8H2,1H3,(H,26,31). The fourth-order valence-electron chi connectivity index (χ4n) is 3.80. The lowest BCUT2D eigenvalue weighted by Crippen LogP contribution is -2.57. The third kappa shape index (κ3) is 4.28. The maximum absolute atomic E-state index is 14.8. The van der Waals surface area contributed by atoms with E-state index in [1.54, 1.807) is 0 Å². The quantitative estimate of drug-likeness (QED) is 0.645. The van der Waals surface area contributed by atoms with Crippen LogP contribution in [0.25, 0.3) is 11.5 Å². The lowest BCUT2D eigenvalue weighted by atomic mass is 10.1. The van der Waals surface area contributed by atoms with Crippen LogP contribution in [0.2, 0.25) is 0 Å². The predicted molar refractivity (Wildman–Crippen MR) is 101 cm³/mol. The minimum absolute atomic E-state index is 0.00971. The summed E-state index contributed by atoms with van der Waals surface area (Å²) < 4.78 is 78.2. The maximum Gasteiger partial charge on any atom is 0.324 e. The van der Waals surface area contributed by atoms with Crippen LogP contribution in [-0.2, 0) is 16.1 Å². The number of benzene rings is 1. The fraction of sp³-hybridized carbons (Fsp3) is 0.500. The molecule has 2 unspecified atom stereocenters. The molecule has 2 aromatic rings. The molecule has 3 heterocycles. The number of ether oxygens (including phenoxy) is 1. The van der Waals surface area contributed by atoms with Crippen LogP contribution >= 0.6 is 0 Å². The second kappa shape index (κ2) is 8.69. The molecule has 1 fully saturated rings. The van der Waals surface area contributed by atoms with E-state index >= 15 is 0 Å². The molecule has 0 saturated carbocycles. The Balaban J connectivity index is 1.59. The molecule has 8 nitrogen and oxygen atoms in total. The molecule has 0 radical (unpaired) electrons. The van der Waals surface area contributed by atoms with Gasteiger partial charge in [0.05, 0.1) is 12.6 Å². The van der Waals surface area contributed by atoms with Gasteiger partial charge in [0, 0.05) is 29.7 Å². The number of rotatable bonds is 6. The molecule has 0 spiro atoms. The summed E-state index contributed by atoms with van der Waals surface area (Å²) in [6, 6.07) is 1.28. The molecule has 2 aliphatic rings. The molecule has 1 aromatic heterocycles. The second-order valence-electron chi connectivity index (χ2n) is 7.70. The number of amides is 2. The van der Waals surface area contributed by atoms with Gasteiger partial charge in [-0.1, -0.05) is 6.92 Å². The molecule has 1 N–H and O–H groups in total. The third-order valence-electron chi connectivity index (χ3n) is 5.58. The van der Waals surface area contributed by atoms with E-state index in [0.29, 0.717) is 6.42 Å². The molecule has 2 aliphatic heterocycles. The molecule has 0 bridgehead atoms. The average Bonchev–Trinajstić information content (AvgIpc) is 3.40. The second-order valence-corrected chi connectivity index (χ2v) is 7.70. The zero-order chi connectivity index (χ0) is 23.9. The molecule has 33 heavy (non-hydrogen) atoms. The number of carbonyl (C=O) groups excluding carboxylic acids is 2. The molecule has 4 rings (SSSR count). The Labute approximate surface area is 184 Å². The minimum atomic E-state index is -3.58. The van der Waals surface area contributed by atoms with Crippen molar-refractivity contribution in [2.75, 3.05) is 6.61 Å². The Kier molecular flexibility index (Phi) is 6.08. The molecular formula is C20H19F5N4O4. The van der Waals surface area contributed by atoms with Gasteiger partial charge in [-0.15, -0.1) is 10.2 Å². The van der Waals surface area contributed by atoms with E-state index in [0.717, 1.165) is 11.0 Å². The van der Waals surface area contributed by atoms with Crippen LogP contribution in [0.4, 0.5) is 22.0 Å². The smallest absolute Gasteiger partial charge is 0.324 e. The topological polar surface area (TPSA) is 97.6 Å². The number of fused-ring (bicyclic) bond motifs is 1. The monoisotopic (exact) mass is 474 g/mol. The van der Waals surface area contributed by atoms with E-state index in [1.165, 1.54) is 13.0 Å². The van der Waals surface area contributed by atoms with Crippen LogP contribution in [0.15, 0.2) is 16.5 Å². The van der Waals surface area contributed by atoms with Crippen LogP contribution in [0.5, 0.6) is 0 Å². The predicted octanol–water partition coefficient (Wildman–Crippen LogP) is 3.44. The van der Waals surface area contributed by atoms with Crippen LogP contribution in [-0.4, -0.2) is 51.7 Å². The highest BCUT2D eigenvalue weighted by Gasteiger charge is 2.44. The van der Waals surface area contributed by atoms with Crippen molar-refractivity contribution in [2.45, 2.75) is 57.3 Å². The first-order valence-electron chi connectivity index (χ1n) is 10.2. The average molecular weight is 474 g/mol. The normalized spacial score (nSPS) is 20.9. The highest BCUT2D eigenvalue weighted by Crippen LogP contribution is 2.34. The van der Waals surface area contributed by atoms with Crippen molar-refractivity contribution < 1.29 is 40.7 Å². The molecule has 13 heteroatoms. The third-order valence-corrected chi connectivity index (χ3v) is 5.58. The van der Waals surface area contributed by atoms with E-state index in [1.807, 2.05) is 0 Å². The summed E-state index contributed by atoms with van der Waals surface area (Å²) in [7, 11) is 0. The highest BCUT2D eigenvalue weighted by molar-refractivity contribution is 5.99. The van der Waals surface area contributed by atoms with Crippen LogP contribution < -0.4 is 5.32 Å². The van der Waals surface area contributed by atoms with E-state index in [-0.39, 0.29) is 42.2 Å². The van der Waals surface area contributed by atoms with Gasteiger partial charge in [-0.05, 0) is 25.0 Å². The highest BCUT2D eigenvalue weighted by atomic mass is 19.3. The minimum Gasteiger partial charge on any atom is -0.415 e. The summed E-state index contributed by atoms with van der Waals surface area (Å²) in [6.45, 7) is 1.16.